The van der Waals surface area contributed by atoms with Gasteiger partial charge in [0, 0.05) is 21.9 Å². The van der Waals surface area contributed by atoms with Crippen molar-refractivity contribution in [3.05, 3.63) is 105 Å². The summed E-state index contributed by atoms with van der Waals surface area (Å²) in [5.74, 6) is 0.631. The Hall–Kier alpha value is -3.78. The van der Waals surface area contributed by atoms with Crippen molar-refractivity contribution < 1.29 is 0 Å². The van der Waals surface area contributed by atoms with Gasteiger partial charge in [0.05, 0.1) is 12.2 Å². The van der Waals surface area contributed by atoms with E-state index in [1.165, 1.54) is 0 Å². The molecule has 1 N–H and O–H groups in total. The zero-order chi connectivity index (χ0) is 28.3. The molecule has 0 radical (unpaired) electrons. The maximum Gasteiger partial charge on any atom is 0.333 e. The lowest BCUT2D eigenvalue weighted by Gasteiger charge is -2.23. The molecule has 0 atom stereocenters. The molecule has 0 aliphatic rings. The number of rotatable bonds is 9. The number of para-hydroxylation sites is 1. The first-order chi connectivity index (χ1) is 19.3. The van der Waals surface area contributed by atoms with Crippen LogP contribution in [0.15, 0.2) is 82.2 Å². The average molecular weight is 600 g/mol. The van der Waals surface area contributed by atoms with Crippen LogP contribution in [0.5, 0.6) is 0 Å². The Balaban J connectivity index is 1.52. The topological polar surface area (TPSA) is 81.4 Å². The van der Waals surface area contributed by atoms with E-state index in [-0.39, 0.29) is 11.1 Å². The number of hydrogen-bond acceptors (Lipinski definition) is 4. The third kappa shape index (κ3) is 5.72. The Morgan fingerprint density at radius 2 is 1.68 bits per heavy atom. The lowest BCUT2D eigenvalue weighted by molar-refractivity contribution is 0.584. The van der Waals surface area contributed by atoms with Crippen LogP contribution in [0.2, 0.25) is 0 Å². The quantitative estimate of drug-likeness (QED) is 0.180. The number of aromatic nitrogens is 6. The summed E-state index contributed by atoms with van der Waals surface area (Å²) in [5.41, 5.74) is 7.09. The molecule has 5 rings (SSSR count). The molecule has 8 heteroatoms. The van der Waals surface area contributed by atoms with E-state index in [1.807, 2.05) is 45.7 Å². The highest BCUT2D eigenvalue weighted by Gasteiger charge is 2.23. The monoisotopic (exact) mass is 598 g/mol. The third-order valence-corrected chi connectivity index (χ3v) is 7.91. The van der Waals surface area contributed by atoms with E-state index in [1.54, 1.807) is 0 Å². The molecule has 7 nitrogen and oxygen atoms in total. The minimum Gasteiger partial charge on any atom is -0.292 e. The number of tetrazole rings is 1. The summed E-state index contributed by atoms with van der Waals surface area (Å²) in [6, 6.07) is 22.6. The normalized spacial score (nSPS) is 11.7. The first-order valence-corrected chi connectivity index (χ1v) is 14.6. The van der Waals surface area contributed by atoms with Crippen molar-refractivity contribution in [2.75, 3.05) is 0 Å². The van der Waals surface area contributed by atoms with Crippen LogP contribution >= 0.6 is 15.9 Å². The number of nitrogens with zero attached hydrogens (tertiary/aromatic N) is 5. The predicted molar refractivity (Wildman–Crippen MR) is 164 cm³/mol. The van der Waals surface area contributed by atoms with Gasteiger partial charge in [-0.2, -0.15) is 0 Å². The number of aromatic amines is 1. The van der Waals surface area contributed by atoms with Crippen molar-refractivity contribution in [3.8, 4) is 28.2 Å². The number of halogens is 1. The van der Waals surface area contributed by atoms with Gasteiger partial charge in [-0.25, -0.2) is 9.89 Å². The molecule has 0 bridgehead atoms. The molecule has 0 saturated heterocycles. The number of unbranched alkanes of at least 4 members (excludes halogenated alkanes) is 2. The Kier molecular flexibility index (Phi) is 8.17. The SMILES string of the molecule is CCCCCc1cn(-c2c(Br)cccc2C(C)(C)C)c(=O)n1Cc1ccc(-c2ccccc2-c2nnn[nH]2)cc1. The van der Waals surface area contributed by atoms with Crippen LogP contribution in [0.4, 0.5) is 0 Å². The highest BCUT2D eigenvalue weighted by molar-refractivity contribution is 9.10. The van der Waals surface area contributed by atoms with E-state index >= 15 is 0 Å². The van der Waals surface area contributed by atoms with Gasteiger partial charge in [-0.05, 0) is 72.9 Å². The summed E-state index contributed by atoms with van der Waals surface area (Å²) in [6.45, 7) is 9.26. The predicted octanol–water partition coefficient (Wildman–Crippen LogP) is 7.33. The van der Waals surface area contributed by atoms with Crippen molar-refractivity contribution >= 4 is 15.9 Å². The number of H-pyrrole nitrogens is 1. The lowest BCUT2D eigenvalue weighted by atomic mass is 9.86. The fourth-order valence-electron chi connectivity index (χ4n) is 5.16. The highest BCUT2D eigenvalue weighted by Crippen LogP contribution is 2.34. The van der Waals surface area contributed by atoms with Gasteiger partial charge >= 0.3 is 5.69 Å². The first kappa shape index (κ1) is 27.8. The van der Waals surface area contributed by atoms with Crippen LogP contribution in [-0.2, 0) is 18.4 Å². The fourth-order valence-corrected chi connectivity index (χ4v) is 5.72. The molecule has 0 unspecified atom stereocenters. The second kappa shape index (κ2) is 11.8. The van der Waals surface area contributed by atoms with Gasteiger partial charge in [0.25, 0.3) is 0 Å². The van der Waals surface area contributed by atoms with Gasteiger partial charge in [-0.15, -0.1) is 5.10 Å². The van der Waals surface area contributed by atoms with Gasteiger partial charge < -0.3 is 0 Å². The third-order valence-electron chi connectivity index (χ3n) is 7.27. The average Bonchev–Trinajstić information content (AvgIpc) is 3.58. The molecule has 3 aromatic carbocycles. The van der Waals surface area contributed by atoms with Gasteiger partial charge in [0.1, 0.15) is 0 Å². The molecule has 0 saturated carbocycles. The molecular formula is C32H35BrN6O. The molecule has 0 amide bonds. The standard InChI is InChI=1S/C32H35BrN6O/c1-5-6-7-11-24-21-39(29-27(32(2,3)4)14-10-15-28(29)33)31(40)38(24)20-22-16-18-23(19-17-22)25-12-8-9-13-26(25)30-34-36-37-35-30/h8-10,12-19,21H,5-7,11,20H2,1-4H3,(H,34,35,36,37). The molecule has 5 aromatic rings. The molecule has 0 spiro atoms. The lowest BCUT2D eigenvalue weighted by Crippen LogP contribution is -2.27. The number of benzene rings is 3. The molecule has 2 heterocycles. The Morgan fingerprint density at radius 1 is 0.925 bits per heavy atom. The fraction of sp³-hybridized carbons (Fsp3) is 0.312. The van der Waals surface area contributed by atoms with Crippen molar-refractivity contribution in [2.24, 2.45) is 0 Å². The summed E-state index contributed by atoms with van der Waals surface area (Å²) in [4.78, 5) is 14.0. The first-order valence-electron chi connectivity index (χ1n) is 13.8. The minimum atomic E-state index is -0.114. The Bertz CT molecular complexity index is 1640. The summed E-state index contributed by atoms with van der Waals surface area (Å²) in [5, 5.41) is 14.4. The second-order valence-corrected chi connectivity index (χ2v) is 12.0. The van der Waals surface area contributed by atoms with E-state index < -0.39 is 0 Å². The molecule has 206 valence electrons. The summed E-state index contributed by atoms with van der Waals surface area (Å²) >= 11 is 3.74. The Labute approximate surface area is 243 Å². The van der Waals surface area contributed by atoms with Gasteiger partial charge in [0.2, 0.25) is 0 Å². The van der Waals surface area contributed by atoms with Crippen LogP contribution in [-0.4, -0.2) is 29.8 Å². The van der Waals surface area contributed by atoms with E-state index in [0.717, 1.165) is 69.4 Å². The Morgan fingerprint density at radius 3 is 2.35 bits per heavy atom. The van der Waals surface area contributed by atoms with E-state index in [2.05, 4.69) is 101 Å². The van der Waals surface area contributed by atoms with Crippen LogP contribution in [0.1, 0.15) is 63.8 Å². The van der Waals surface area contributed by atoms with E-state index in [4.69, 9.17) is 0 Å². The number of aryl methyl sites for hydroxylation is 1. The number of imidazole rings is 1. The maximum absolute atomic E-state index is 14.0. The number of hydrogen-bond donors (Lipinski definition) is 1. The summed E-state index contributed by atoms with van der Waals surface area (Å²) in [6.07, 6.45) is 6.23. The molecule has 2 aromatic heterocycles. The molecular weight excluding hydrogens is 564 g/mol. The second-order valence-electron chi connectivity index (χ2n) is 11.2. The molecule has 0 aliphatic carbocycles. The van der Waals surface area contributed by atoms with Crippen molar-refractivity contribution in [3.63, 3.8) is 0 Å². The van der Waals surface area contributed by atoms with Crippen LogP contribution < -0.4 is 5.69 Å². The molecule has 40 heavy (non-hydrogen) atoms. The maximum atomic E-state index is 14.0. The zero-order valence-electron chi connectivity index (χ0n) is 23.5. The summed E-state index contributed by atoms with van der Waals surface area (Å²) < 4.78 is 4.69. The minimum absolute atomic E-state index is 0.0175. The van der Waals surface area contributed by atoms with Crippen LogP contribution in [0, 0.1) is 0 Å². The largest absolute Gasteiger partial charge is 0.333 e. The molecule has 0 fully saturated rings. The van der Waals surface area contributed by atoms with Crippen molar-refractivity contribution in [1.82, 2.24) is 29.8 Å². The van der Waals surface area contributed by atoms with E-state index in [9.17, 15) is 4.79 Å². The van der Waals surface area contributed by atoms with Gasteiger partial charge in [0.15, 0.2) is 5.82 Å². The number of nitrogens with one attached hydrogen (secondary N) is 1. The molecule has 0 aliphatic heterocycles. The highest BCUT2D eigenvalue weighted by atomic mass is 79.9. The summed E-state index contributed by atoms with van der Waals surface area (Å²) in [7, 11) is 0. The van der Waals surface area contributed by atoms with Gasteiger partial charge in [-0.1, -0.05) is 101 Å². The van der Waals surface area contributed by atoms with E-state index in [0.29, 0.717) is 12.4 Å². The van der Waals surface area contributed by atoms with Crippen molar-refractivity contribution in [1.29, 1.82) is 0 Å². The van der Waals surface area contributed by atoms with Crippen molar-refractivity contribution in [2.45, 2.75) is 65.3 Å². The van der Waals surface area contributed by atoms with Gasteiger partial charge in [-0.3, -0.25) is 9.13 Å². The van der Waals surface area contributed by atoms with Crippen LogP contribution in [0.3, 0.4) is 0 Å². The zero-order valence-corrected chi connectivity index (χ0v) is 25.1. The smallest absolute Gasteiger partial charge is 0.292 e. The van der Waals surface area contributed by atoms with Crippen LogP contribution in [0.25, 0.3) is 28.2 Å².